The number of halogens is 1. The molecule has 2 aliphatic heterocycles. The van der Waals surface area contributed by atoms with Crippen molar-refractivity contribution in [3.8, 4) is 0 Å². The van der Waals surface area contributed by atoms with Crippen LogP contribution in [0.2, 0.25) is 5.02 Å². The van der Waals surface area contributed by atoms with E-state index in [4.69, 9.17) is 16.3 Å². The third kappa shape index (κ3) is 3.98. The van der Waals surface area contributed by atoms with Gasteiger partial charge in [-0.1, -0.05) is 23.3 Å². The quantitative estimate of drug-likeness (QED) is 0.843. The van der Waals surface area contributed by atoms with Crippen LogP contribution in [-0.2, 0) is 4.74 Å². The lowest BCUT2D eigenvalue weighted by molar-refractivity contribution is 0.122. The molecular weight excluding hydrogens is 314 g/mol. The van der Waals surface area contributed by atoms with E-state index in [1.807, 2.05) is 18.2 Å². The minimum Gasteiger partial charge on any atom is -0.378 e. The Morgan fingerprint density at radius 2 is 2.04 bits per heavy atom. The second kappa shape index (κ2) is 7.23. The summed E-state index contributed by atoms with van der Waals surface area (Å²) in [6.07, 6.45) is 3.02. The predicted octanol–water partition coefficient (Wildman–Crippen LogP) is 3.36. The van der Waals surface area contributed by atoms with Crippen molar-refractivity contribution in [1.29, 1.82) is 0 Å². The minimum absolute atomic E-state index is 0.102. The zero-order valence-corrected chi connectivity index (χ0v) is 14.1. The summed E-state index contributed by atoms with van der Waals surface area (Å²) in [7, 11) is 0. The topological polar surface area (TPSA) is 44.8 Å². The van der Waals surface area contributed by atoms with E-state index in [9.17, 15) is 4.79 Å². The maximum Gasteiger partial charge on any atom is 0.322 e. The number of benzene rings is 1. The van der Waals surface area contributed by atoms with Gasteiger partial charge in [-0.15, -0.1) is 0 Å². The normalized spacial score (nSPS) is 18.6. The van der Waals surface area contributed by atoms with E-state index in [0.29, 0.717) is 17.3 Å². The van der Waals surface area contributed by atoms with Crippen LogP contribution in [0.5, 0.6) is 0 Å². The van der Waals surface area contributed by atoms with Crippen molar-refractivity contribution in [2.75, 3.05) is 49.6 Å². The second-order valence-corrected chi connectivity index (χ2v) is 6.35. The van der Waals surface area contributed by atoms with Gasteiger partial charge in [-0.3, -0.25) is 0 Å². The predicted molar refractivity (Wildman–Crippen MR) is 93.4 cm³/mol. The molecule has 23 heavy (non-hydrogen) atoms. The van der Waals surface area contributed by atoms with Gasteiger partial charge in [0.1, 0.15) is 0 Å². The van der Waals surface area contributed by atoms with Gasteiger partial charge in [0.25, 0.3) is 0 Å². The molecular formula is C17H22ClN3O2. The third-order valence-corrected chi connectivity index (χ3v) is 4.62. The maximum absolute atomic E-state index is 12.4. The molecule has 3 rings (SSSR count). The fraction of sp³-hybridized carbons (Fsp3) is 0.471. The number of nitrogens with zero attached hydrogens (tertiary/aromatic N) is 2. The maximum atomic E-state index is 12.4. The molecule has 0 aromatic heterocycles. The average molecular weight is 336 g/mol. The van der Waals surface area contributed by atoms with E-state index in [1.165, 1.54) is 5.57 Å². The summed E-state index contributed by atoms with van der Waals surface area (Å²) in [5, 5.41) is 3.50. The Kier molecular flexibility index (Phi) is 5.08. The standard InChI is InChI=1S/C17H22ClN3O2/c1-13-4-6-21(7-5-13)17(22)19-16-12-14(2-3-15(16)18)20-8-10-23-11-9-20/h2-4,12H,5-11H2,1H3,(H,19,22). The van der Waals surface area contributed by atoms with Crippen molar-refractivity contribution >= 4 is 29.0 Å². The number of hydrogen-bond acceptors (Lipinski definition) is 3. The minimum atomic E-state index is -0.102. The number of rotatable bonds is 2. The highest BCUT2D eigenvalue weighted by atomic mass is 35.5. The molecule has 0 spiro atoms. The van der Waals surface area contributed by atoms with Crippen LogP contribution >= 0.6 is 11.6 Å². The van der Waals surface area contributed by atoms with Crippen molar-refractivity contribution in [2.24, 2.45) is 0 Å². The first-order chi connectivity index (χ1) is 11.1. The molecule has 1 N–H and O–H groups in total. The van der Waals surface area contributed by atoms with E-state index >= 15 is 0 Å². The van der Waals surface area contributed by atoms with E-state index in [1.54, 1.807) is 4.90 Å². The van der Waals surface area contributed by atoms with Crippen molar-refractivity contribution in [3.05, 3.63) is 34.9 Å². The number of carbonyl (C=O) groups is 1. The van der Waals surface area contributed by atoms with Crippen LogP contribution in [0.4, 0.5) is 16.2 Å². The lowest BCUT2D eigenvalue weighted by Crippen LogP contribution is -2.38. The molecule has 2 amide bonds. The number of nitrogens with one attached hydrogen (secondary N) is 1. The summed E-state index contributed by atoms with van der Waals surface area (Å²) in [6.45, 7) is 6.65. The van der Waals surface area contributed by atoms with E-state index in [0.717, 1.165) is 45.0 Å². The molecule has 5 nitrogen and oxygen atoms in total. The van der Waals surface area contributed by atoms with Crippen LogP contribution in [0.15, 0.2) is 29.8 Å². The van der Waals surface area contributed by atoms with E-state index < -0.39 is 0 Å². The molecule has 0 radical (unpaired) electrons. The molecule has 0 saturated carbocycles. The first-order valence-electron chi connectivity index (χ1n) is 7.97. The molecule has 124 valence electrons. The van der Waals surface area contributed by atoms with Crippen LogP contribution in [0.3, 0.4) is 0 Å². The Labute approximate surface area is 141 Å². The van der Waals surface area contributed by atoms with Crippen LogP contribution in [0.25, 0.3) is 0 Å². The summed E-state index contributed by atoms with van der Waals surface area (Å²) < 4.78 is 5.38. The first-order valence-corrected chi connectivity index (χ1v) is 8.35. The van der Waals surface area contributed by atoms with Gasteiger partial charge < -0.3 is 19.9 Å². The van der Waals surface area contributed by atoms with Gasteiger partial charge in [-0.25, -0.2) is 4.79 Å². The number of urea groups is 1. The molecule has 2 heterocycles. The molecule has 6 heteroatoms. The molecule has 1 saturated heterocycles. The molecule has 1 fully saturated rings. The fourth-order valence-corrected chi connectivity index (χ4v) is 2.94. The molecule has 0 atom stereocenters. The van der Waals surface area contributed by atoms with Crippen molar-refractivity contribution in [2.45, 2.75) is 13.3 Å². The highest BCUT2D eigenvalue weighted by molar-refractivity contribution is 6.33. The Morgan fingerprint density at radius 3 is 2.74 bits per heavy atom. The molecule has 0 unspecified atom stereocenters. The summed E-state index contributed by atoms with van der Waals surface area (Å²) in [6, 6.07) is 5.66. The van der Waals surface area contributed by atoms with Crippen molar-refractivity contribution in [1.82, 2.24) is 4.90 Å². The van der Waals surface area contributed by atoms with Gasteiger partial charge in [0.05, 0.1) is 23.9 Å². The van der Waals surface area contributed by atoms with Crippen LogP contribution in [-0.4, -0.2) is 50.3 Å². The smallest absolute Gasteiger partial charge is 0.322 e. The summed E-state index contributed by atoms with van der Waals surface area (Å²) in [5.41, 5.74) is 3.05. The summed E-state index contributed by atoms with van der Waals surface area (Å²) >= 11 is 6.25. The number of morpholine rings is 1. The number of anilines is 2. The zero-order valence-electron chi connectivity index (χ0n) is 13.3. The largest absolute Gasteiger partial charge is 0.378 e. The van der Waals surface area contributed by atoms with E-state index in [-0.39, 0.29) is 6.03 Å². The molecule has 0 aliphatic carbocycles. The van der Waals surface area contributed by atoms with Crippen LogP contribution < -0.4 is 10.2 Å². The van der Waals surface area contributed by atoms with Crippen LogP contribution in [0.1, 0.15) is 13.3 Å². The number of amides is 2. The number of hydrogen-bond donors (Lipinski definition) is 1. The molecule has 0 bridgehead atoms. The summed E-state index contributed by atoms with van der Waals surface area (Å²) in [4.78, 5) is 16.4. The Balaban J connectivity index is 1.70. The molecule has 1 aromatic rings. The van der Waals surface area contributed by atoms with Gasteiger partial charge in [0.15, 0.2) is 0 Å². The van der Waals surface area contributed by atoms with Crippen molar-refractivity contribution in [3.63, 3.8) is 0 Å². The lowest BCUT2D eigenvalue weighted by atomic mass is 10.1. The monoisotopic (exact) mass is 335 g/mol. The van der Waals surface area contributed by atoms with Gasteiger partial charge in [-0.05, 0) is 31.5 Å². The van der Waals surface area contributed by atoms with Gasteiger partial charge >= 0.3 is 6.03 Å². The van der Waals surface area contributed by atoms with Gasteiger partial charge in [-0.2, -0.15) is 0 Å². The third-order valence-electron chi connectivity index (χ3n) is 4.29. The highest BCUT2D eigenvalue weighted by Gasteiger charge is 2.18. The second-order valence-electron chi connectivity index (χ2n) is 5.94. The van der Waals surface area contributed by atoms with Gasteiger partial charge in [0.2, 0.25) is 0 Å². The Morgan fingerprint density at radius 1 is 1.26 bits per heavy atom. The molecule has 1 aromatic carbocycles. The number of carbonyl (C=O) groups excluding carboxylic acids is 1. The SMILES string of the molecule is CC1=CCN(C(=O)Nc2cc(N3CCOCC3)ccc2Cl)CC1. The summed E-state index contributed by atoms with van der Waals surface area (Å²) in [5.74, 6) is 0. The average Bonchev–Trinajstić information content (AvgIpc) is 2.58. The Hall–Kier alpha value is -1.72. The van der Waals surface area contributed by atoms with Gasteiger partial charge in [0, 0.05) is 31.9 Å². The molecule has 2 aliphatic rings. The zero-order chi connectivity index (χ0) is 16.2. The first kappa shape index (κ1) is 16.1. The fourth-order valence-electron chi connectivity index (χ4n) is 2.78. The lowest BCUT2D eigenvalue weighted by Gasteiger charge is -2.30. The van der Waals surface area contributed by atoms with Crippen LogP contribution in [0, 0.1) is 0 Å². The van der Waals surface area contributed by atoms with E-state index in [2.05, 4.69) is 23.2 Å². The Bertz CT molecular complexity index is 612. The highest BCUT2D eigenvalue weighted by Crippen LogP contribution is 2.28. The van der Waals surface area contributed by atoms with Crippen molar-refractivity contribution < 1.29 is 9.53 Å². The number of ether oxygens (including phenoxy) is 1.